The van der Waals surface area contributed by atoms with Crippen LogP contribution in [0.15, 0.2) is 54.6 Å². The van der Waals surface area contributed by atoms with Crippen LogP contribution in [0.25, 0.3) is 6.08 Å². The van der Waals surface area contributed by atoms with Crippen molar-refractivity contribution in [2.24, 2.45) is 0 Å². The molecule has 0 spiro atoms. The van der Waals surface area contributed by atoms with Crippen LogP contribution < -0.4 is 16.0 Å². The molecule has 0 atom stereocenters. The lowest BCUT2D eigenvalue weighted by Crippen LogP contribution is -2.37. The van der Waals surface area contributed by atoms with E-state index in [0.29, 0.717) is 11.3 Å². The van der Waals surface area contributed by atoms with Crippen LogP contribution in [0.2, 0.25) is 0 Å². The Labute approximate surface area is 180 Å². The van der Waals surface area contributed by atoms with E-state index in [-0.39, 0.29) is 24.8 Å². The normalized spacial score (nSPS) is 11.1. The summed E-state index contributed by atoms with van der Waals surface area (Å²) in [4.78, 5) is 35.6. The molecule has 0 aliphatic rings. The number of anilines is 1. The van der Waals surface area contributed by atoms with Crippen LogP contribution in [0.1, 0.15) is 31.9 Å². The molecule has 31 heavy (non-hydrogen) atoms. The maximum atomic E-state index is 12.9. The summed E-state index contributed by atoms with van der Waals surface area (Å²) in [5, 5.41) is 7.80. The number of benzene rings is 2. The van der Waals surface area contributed by atoms with E-state index in [2.05, 4.69) is 16.0 Å². The van der Waals surface area contributed by atoms with Gasteiger partial charge in [0, 0.05) is 18.3 Å². The van der Waals surface area contributed by atoms with Gasteiger partial charge in [-0.1, -0.05) is 24.3 Å². The largest absolute Gasteiger partial charge is 0.444 e. The Bertz CT molecular complexity index is 950. The highest BCUT2D eigenvalue weighted by molar-refractivity contribution is 5.94. The molecule has 0 bridgehead atoms. The Morgan fingerprint density at radius 1 is 1.03 bits per heavy atom. The summed E-state index contributed by atoms with van der Waals surface area (Å²) in [7, 11) is 0. The average molecular weight is 427 g/mol. The van der Waals surface area contributed by atoms with Crippen LogP contribution in [-0.2, 0) is 20.9 Å². The first-order chi connectivity index (χ1) is 14.6. The number of halogens is 1. The fourth-order valence-electron chi connectivity index (χ4n) is 2.42. The first-order valence-electron chi connectivity index (χ1n) is 9.68. The van der Waals surface area contributed by atoms with Crippen LogP contribution in [0.4, 0.5) is 14.9 Å². The van der Waals surface area contributed by atoms with E-state index >= 15 is 0 Å². The quantitative estimate of drug-likeness (QED) is 0.588. The second-order valence-corrected chi connectivity index (χ2v) is 7.71. The fraction of sp³-hybridized carbons (Fsp3) is 0.261. The molecule has 164 valence electrons. The van der Waals surface area contributed by atoms with E-state index in [4.69, 9.17) is 4.74 Å². The second kappa shape index (κ2) is 10.9. The molecular weight excluding hydrogens is 401 g/mol. The highest BCUT2D eigenvalue weighted by atomic mass is 19.1. The van der Waals surface area contributed by atoms with Gasteiger partial charge in [-0.3, -0.25) is 9.59 Å². The molecule has 0 fully saturated rings. The van der Waals surface area contributed by atoms with Crippen molar-refractivity contribution in [3.8, 4) is 0 Å². The minimum absolute atomic E-state index is 0.232. The van der Waals surface area contributed by atoms with Gasteiger partial charge in [0.25, 0.3) is 0 Å². The van der Waals surface area contributed by atoms with E-state index in [1.54, 1.807) is 63.2 Å². The molecule has 0 unspecified atom stereocenters. The third-order valence-electron chi connectivity index (χ3n) is 3.77. The number of ether oxygens (including phenoxy) is 1. The van der Waals surface area contributed by atoms with Crippen molar-refractivity contribution in [1.29, 1.82) is 0 Å². The van der Waals surface area contributed by atoms with Gasteiger partial charge in [0.1, 0.15) is 18.0 Å². The second-order valence-electron chi connectivity index (χ2n) is 7.71. The third kappa shape index (κ3) is 9.58. The molecule has 8 heteroatoms. The zero-order chi connectivity index (χ0) is 22.9. The van der Waals surface area contributed by atoms with Gasteiger partial charge in [-0.2, -0.15) is 0 Å². The topological polar surface area (TPSA) is 96.5 Å². The van der Waals surface area contributed by atoms with Gasteiger partial charge in [0.05, 0.1) is 0 Å². The number of alkyl carbamates (subject to hydrolysis) is 1. The number of carbonyl (C=O) groups is 3. The van der Waals surface area contributed by atoms with Crippen molar-refractivity contribution >= 4 is 29.7 Å². The maximum Gasteiger partial charge on any atom is 0.408 e. The van der Waals surface area contributed by atoms with Crippen molar-refractivity contribution in [3.05, 3.63) is 71.6 Å². The van der Waals surface area contributed by atoms with E-state index in [0.717, 1.165) is 5.56 Å². The van der Waals surface area contributed by atoms with E-state index < -0.39 is 17.6 Å². The minimum Gasteiger partial charge on any atom is -0.444 e. The lowest BCUT2D eigenvalue weighted by Gasteiger charge is -2.19. The molecule has 2 rings (SSSR count). The Morgan fingerprint density at radius 2 is 1.74 bits per heavy atom. The molecule has 3 N–H and O–H groups in total. The van der Waals surface area contributed by atoms with E-state index in [1.807, 2.05) is 0 Å². The molecule has 7 nitrogen and oxygen atoms in total. The van der Waals surface area contributed by atoms with Crippen LogP contribution in [0.5, 0.6) is 0 Å². The molecule has 0 aliphatic heterocycles. The van der Waals surface area contributed by atoms with Crippen molar-refractivity contribution in [2.45, 2.75) is 32.9 Å². The zero-order valence-corrected chi connectivity index (χ0v) is 17.7. The fourth-order valence-corrected chi connectivity index (χ4v) is 2.42. The minimum atomic E-state index is -0.673. The average Bonchev–Trinajstić information content (AvgIpc) is 2.69. The monoisotopic (exact) mass is 427 g/mol. The van der Waals surface area contributed by atoms with Crippen molar-refractivity contribution in [2.75, 3.05) is 11.9 Å². The highest BCUT2D eigenvalue weighted by Gasteiger charge is 2.16. The Balaban J connectivity index is 1.80. The molecule has 0 heterocycles. The van der Waals surface area contributed by atoms with Gasteiger partial charge < -0.3 is 20.7 Å². The molecule has 0 aromatic heterocycles. The molecule has 0 aliphatic carbocycles. The first kappa shape index (κ1) is 23.6. The summed E-state index contributed by atoms with van der Waals surface area (Å²) < 4.78 is 18.0. The Hall–Kier alpha value is -3.68. The third-order valence-corrected chi connectivity index (χ3v) is 3.77. The lowest BCUT2D eigenvalue weighted by molar-refractivity contribution is -0.117. The van der Waals surface area contributed by atoms with Crippen LogP contribution in [0, 0.1) is 5.82 Å². The molecule has 0 saturated heterocycles. The van der Waals surface area contributed by atoms with Gasteiger partial charge in [0.2, 0.25) is 11.8 Å². The molecule has 0 saturated carbocycles. The van der Waals surface area contributed by atoms with Gasteiger partial charge in [0.15, 0.2) is 0 Å². The Morgan fingerprint density at radius 3 is 2.42 bits per heavy atom. The summed E-state index contributed by atoms with van der Waals surface area (Å²) in [5.74, 6) is -1.05. The molecule has 0 radical (unpaired) electrons. The number of rotatable bonds is 7. The van der Waals surface area contributed by atoms with Gasteiger partial charge in [-0.25, -0.2) is 9.18 Å². The number of hydrogen-bond donors (Lipinski definition) is 3. The zero-order valence-electron chi connectivity index (χ0n) is 17.7. The SMILES string of the molecule is CC(C)(C)OC(=O)NCC(=O)Nc1cccc(CNC(=O)/C=C/c2ccc(F)cc2)c1. The smallest absolute Gasteiger partial charge is 0.408 e. The lowest BCUT2D eigenvalue weighted by atomic mass is 10.2. The Kier molecular flexibility index (Phi) is 8.31. The van der Waals surface area contributed by atoms with Crippen molar-refractivity contribution in [1.82, 2.24) is 10.6 Å². The molecule has 2 aromatic carbocycles. The number of nitrogens with one attached hydrogen (secondary N) is 3. The van der Waals surface area contributed by atoms with Crippen LogP contribution >= 0.6 is 0 Å². The molecule has 3 amide bonds. The number of carbonyl (C=O) groups excluding carboxylic acids is 3. The first-order valence-corrected chi connectivity index (χ1v) is 9.68. The number of amides is 3. The standard InChI is InChI=1S/C23H26FN3O4/c1-23(2,3)31-22(30)26-15-21(29)27-19-6-4-5-17(13-19)14-25-20(28)12-9-16-7-10-18(24)11-8-16/h4-13H,14-15H2,1-3H3,(H,25,28)(H,26,30)(H,27,29)/b12-9+. The van der Waals surface area contributed by atoms with E-state index in [9.17, 15) is 18.8 Å². The van der Waals surface area contributed by atoms with E-state index in [1.165, 1.54) is 18.2 Å². The van der Waals surface area contributed by atoms with Crippen molar-refractivity contribution in [3.63, 3.8) is 0 Å². The summed E-state index contributed by atoms with van der Waals surface area (Å²) >= 11 is 0. The molecule has 2 aromatic rings. The predicted octanol–water partition coefficient (Wildman–Crippen LogP) is 3.62. The van der Waals surface area contributed by atoms with Gasteiger partial charge >= 0.3 is 6.09 Å². The van der Waals surface area contributed by atoms with Crippen LogP contribution in [-0.4, -0.2) is 30.1 Å². The summed E-state index contributed by atoms with van der Waals surface area (Å²) in [6.45, 7) is 5.22. The summed E-state index contributed by atoms with van der Waals surface area (Å²) in [6.07, 6.45) is 2.28. The van der Waals surface area contributed by atoms with Gasteiger partial charge in [-0.15, -0.1) is 0 Å². The summed E-state index contributed by atoms with van der Waals surface area (Å²) in [6, 6.07) is 12.7. The highest BCUT2D eigenvalue weighted by Crippen LogP contribution is 2.11. The molecular formula is C23H26FN3O4. The predicted molar refractivity (Wildman–Crippen MR) is 117 cm³/mol. The maximum absolute atomic E-state index is 12.9. The van der Waals surface area contributed by atoms with Crippen molar-refractivity contribution < 1.29 is 23.5 Å². The van der Waals surface area contributed by atoms with Crippen LogP contribution in [0.3, 0.4) is 0 Å². The van der Waals surface area contributed by atoms with Gasteiger partial charge in [-0.05, 0) is 62.2 Å². The number of hydrogen-bond acceptors (Lipinski definition) is 4. The summed E-state index contributed by atoms with van der Waals surface area (Å²) in [5.41, 5.74) is 1.38.